The maximum atomic E-state index is 13.7. The Bertz CT molecular complexity index is 708. The van der Waals surface area contributed by atoms with Crippen molar-refractivity contribution < 1.29 is 13.5 Å². The molecular weight excluding hydrogens is 439 g/mol. The fraction of sp³-hybridized carbons (Fsp3) is 0.278. The lowest BCUT2D eigenvalue weighted by Gasteiger charge is -2.22. The number of benzene rings is 2. The van der Waals surface area contributed by atoms with Crippen molar-refractivity contribution in [1.82, 2.24) is 10.2 Å². The van der Waals surface area contributed by atoms with Crippen LogP contribution in [0.4, 0.5) is 8.78 Å². The molecule has 2 aromatic rings. The van der Waals surface area contributed by atoms with Gasteiger partial charge in [-0.3, -0.25) is 4.99 Å². The van der Waals surface area contributed by atoms with Crippen LogP contribution in [0.15, 0.2) is 47.5 Å². The number of methoxy groups -OCH3 is 1. The third-order valence-electron chi connectivity index (χ3n) is 3.60. The summed E-state index contributed by atoms with van der Waals surface area (Å²) in [5.74, 6) is 0.479. The molecule has 4 nitrogen and oxygen atoms in total. The van der Waals surface area contributed by atoms with E-state index in [1.54, 1.807) is 14.2 Å². The minimum Gasteiger partial charge on any atom is -0.497 e. The van der Waals surface area contributed by atoms with E-state index < -0.39 is 11.6 Å². The summed E-state index contributed by atoms with van der Waals surface area (Å²) in [6.45, 7) is 0.776. The largest absolute Gasteiger partial charge is 0.497 e. The molecule has 1 N–H and O–H groups in total. The van der Waals surface area contributed by atoms with E-state index in [-0.39, 0.29) is 36.1 Å². The normalized spacial score (nSPS) is 10.8. The number of hydrogen-bond acceptors (Lipinski definition) is 2. The quantitative estimate of drug-likeness (QED) is 0.418. The third kappa shape index (κ3) is 6.15. The molecule has 0 bridgehead atoms. The van der Waals surface area contributed by atoms with Gasteiger partial charge >= 0.3 is 0 Å². The van der Waals surface area contributed by atoms with E-state index in [0.717, 1.165) is 23.4 Å². The van der Waals surface area contributed by atoms with Gasteiger partial charge in [0, 0.05) is 32.7 Å². The first-order chi connectivity index (χ1) is 11.5. The first-order valence-electron chi connectivity index (χ1n) is 7.52. The number of nitrogens with zero attached hydrogens (tertiary/aromatic N) is 2. The highest BCUT2D eigenvalue weighted by Gasteiger charge is 2.09. The second-order valence-electron chi connectivity index (χ2n) is 5.34. The van der Waals surface area contributed by atoms with Crippen LogP contribution in [0.2, 0.25) is 0 Å². The zero-order valence-electron chi connectivity index (χ0n) is 14.4. The van der Waals surface area contributed by atoms with Crippen LogP contribution in [0, 0.1) is 11.6 Å². The summed E-state index contributed by atoms with van der Waals surface area (Å²) in [5.41, 5.74) is 1.34. The average Bonchev–Trinajstić information content (AvgIpc) is 2.59. The monoisotopic (exact) mass is 461 g/mol. The highest BCUT2D eigenvalue weighted by Crippen LogP contribution is 2.13. The number of aliphatic imine (C=N–C) groups is 1. The smallest absolute Gasteiger partial charge is 0.193 e. The van der Waals surface area contributed by atoms with Crippen molar-refractivity contribution in [3.63, 3.8) is 0 Å². The van der Waals surface area contributed by atoms with Crippen LogP contribution in [0.5, 0.6) is 5.75 Å². The van der Waals surface area contributed by atoms with Crippen molar-refractivity contribution in [2.75, 3.05) is 21.2 Å². The summed E-state index contributed by atoms with van der Waals surface area (Å²) in [7, 11) is 5.15. The topological polar surface area (TPSA) is 36.9 Å². The maximum absolute atomic E-state index is 13.7. The van der Waals surface area contributed by atoms with Crippen LogP contribution in [-0.2, 0) is 13.1 Å². The van der Waals surface area contributed by atoms with Crippen LogP contribution in [0.25, 0.3) is 0 Å². The predicted octanol–water partition coefficient (Wildman–Crippen LogP) is 3.80. The Hall–Kier alpha value is -1.90. The van der Waals surface area contributed by atoms with E-state index in [2.05, 4.69) is 10.3 Å². The fourth-order valence-corrected chi connectivity index (χ4v) is 2.32. The molecule has 25 heavy (non-hydrogen) atoms. The lowest BCUT2D eigenvalue weighted by atomic mass is 10.2. The Balaban J connectivity index is 0.00000312. The molecule has 0 radical (unpaired) electrons. The molecule has 0 spiro atoms. The van der Waals surface area contributed by atoms with Gasteiger partial charge in [-0.2, -0.15) is 0 Å². The van der Waals surface area contributed by atoms with Gasteiger partial charge < -0.3 is 15.0 Å². The zero-order valence-corrected chi connectivity index (χ0v) is 16.8. The van der Waals surface area contributed by atoms with Crippen molar-refractivity contribution in [2.24, 2.45) is 4.99 Å². The lowest BCUT2D eigenvalue weighted by Crippen LogP contribution is -2.38. The Labute approximate surface area is 163 Å². The van der Waals surface area contributed by atoms with Gasteiger partial charge in [0.25, 0.3) is 0 Å². The molecule has 0 aliphatic carbocycles. The molecule has 0 amide bonds. The van der Waals surface area contributed by atoms with Crippen LogP contribution in [-0.4, -0.2) is 32.1 Å². The SMILES string of the molecule is CN=C(NCc1cc(F)ccc1F)N(C)Cc1ccc(OC)cc1.I. The molecule has 2 rings (SSSR count). The molecule has 136 valence electrons. The standard InChI is InChI=1S/C18H21F2N3O.HI/c1-21-18(22-11-14-10-15(19)6-9-17(14)20)23(2)12-13-4-7-16(24-3)8-5-13;/h4-10H,11-12H2,1-3H3,(H,21,22);1H. The number of halogens is 3. The first-order valence-corrected chi connectivity index (χ1v) is 7.52. The van der Waals surface area contributed by atoms with Gasteiger partial charge in [0.15, 0.2) is 5.96 Å². The van der Waals surface area contributed by atoms with Crippen molar-refractivity contribution in [1.29, 1.82) is 0 Å². The van der Waals surface area contributed by atoms with Gasteiger partial charge in [-0.15, -0.1) is 24.0 Å². The van der Waals surface area contributed by atoms with Crippen LogP contribution < -0.4 is 10.1 Å². The van der Waals surface area contributed by atoms with E-state index in [0.29, 0.717) is 12.5 Å². The molecule has 2 aromatic carbocycles. The van der Waals surface area contributed by atoms with Crippen LogP contribution in [0.3, 0.4) is 0 Å². The van der Waals surface area contributed by atoms with Crippen LogP contribution >= 0.6 is 24.0 Å². The highest BCUT2D eigenvalue weighted by molar-refractivity contribution is 14.0. The number of guanidine groups is 1. The maximum Gasteiger partial charge on any atom is 0.193 e. The first kappa shape index (κ1) is 21.1. The minimum atomic E-state index is -0.463. The summed E-state index contributed by atoms with van der Waals surface area (Å²) in [6, 6.07) is 11.1. The summed E-state index contributed by atoms with van der Waals surface area (Å²) < 4.78 is 32.0. The number of hydrogen-bond donors (Lipinski definition) is 1. The summed E-state index contributed by atoms with van der Waals surface area (Å²) in [5, 5.41) is 3.04. The Kier molecular flexibility index (Phi) is 8.60. The summed E-state index contributed by atoms with van der Waals surface area (Å²) in [4.78, 5) is 6.08. The van der Waals surface area contributed by atoms with Gasteiger partial charge in [0.1, 0.15) is 17.4 Å². The molecule has 0 atom stereocenters. The molecule has 0 aromatic heterocycles. The molecule has 0 saturated heterocycles. The molecule has 0 fully saturated rings. The van der Waals surface area contributed by atoms with Crippen LogP contribution in [0.1, 0.15) is 11.1 Å². The second-order valence-corrected chi connectivity index (χ2v) is 5.34. The third-order valence-corrected chi connectivity index (χ3v) is 3.60. The Morgan fingerprint density at radius 3 is 2.44 bits per heavy atom. The average molecular weight is 461 g/mol. The van der Waals surface area contributed by atoms with E-state index in [4.69, 9.17) is 4.74 Å². The van der Waals surface area contributed by atoms with E-state index in [1.165, 1.54) is 6.07 Å². The molecule has 0 saturated carbocycles. The molecule has 0 heterocycles. The molecule has 0 aliphatic heterocycles. The zero-order chi connectivity index (χ0) is 17.5. The number of ether oxygens (including phenoxy) is 1. The molecular formula is C18H22F2IN3O. The van der Waals surface area contributed by atoms with Gasteiger partial charge in [-0.25, -0.2) is 8.78 Å². The second kappa shape index (κ2) is 10.2. The Morgan fingerprint density at radius 2 is 1.84 bits per heavy atom. The van der Waals surface area contributed by atoms with Crippen molar-refractivity contribution in [3.05, 3.63) is 65.2 Å². The number of nitrogens with one attached hydrogen (secondary N) is 1. The fourth-order valence-electron chi connectivity index (χ4n) is 2.32. The van der Waals surface area contributed by atoms with Crippen molar-refractivity contribution >= 4 is 29.9 Å². The van der Waals surface area contributed by atoms with Gasteiger partial charge in [0.05, 0.1) is 7.11 Å². The summed E-state index contributed by atoms with van der Waals surface area (Å²) >= 11 is 0. The molecule has 0 unspecified atom stereocenters. The molecule has 7 heteroatoms. The summed E-state index contributed by atoms with van der Waals surface area (Å²) in [6.07, 6.45) is 0. The van der Waals surface area contributed by atoms with Crippen molar-refractivity contribution in [2.45, 2.75) is 13.1 Å². The lowest BCUT2D eigenvalue weighted by molar-refractivity contribution is 0.414. The van der Waals surface area contributed by atoms with E-state index in [9.17, 15) is 8.78 Å². The Morgan fingerprint density at radius 1 is 1.16 bits per heavy atom. The van der Waals surface area contributed by atoms with E-state index >= 15 is 0 Å². The van der Waals surface area contributed by atoms with Crippen molar-refractivity contribution in [3.8, 4) is 5.75 Å². The minimum absolute atomic E-state index is 0. The predicted molar refractivity (Wildman–Crippen MR) is 106 cm³/mol. The van der Waals surface area contributed by atoms with E-state index in [1.807, 2.05) is 36.2 Å². The van der Waals surface area contributed by atoms with Gasteiger partial charge in [0.2, 0.25) is 0 Å². The molecule has 0 aliphatic rings. The highest BCUT2D eigenvalue weighted by atomic mass is 127. The number of rotatable bonds is 5. The van der Waals surface area contributed by atoms with Gasteiger partial charge in [-0.1, -0.05) is 12.1 Å². The van der Waals surface area contributed by atoms with Gasteiger partial charge in [-0.05, 0) is 35.9 Å².